The summed E-state index contributed by atoms with van der Waals surface area (Å²) in [6.07, 6.45) is 0. The fraction of sp³-hybridized carbons (Fsp3) is 0.0625. The summed E-state index contributed by atoms with van der Waals surface area (Å²) in [6.45, 7) is 0. The van der Waals surface area contributed by atoms with Gasteiger partial charge in [0.1, 0.15) is 22.9 Å². The van der Waals surface area contributed by atoms with Gasteiger partial charge in [-0.1, -0.05) is 15.9 Å². The Morgan fingerprint density at radius 3 is 2.42 bits per heavy atom. The Morgan fingerprint density at radius 2 is 1.79 bits per heavy atom. The first-order valence-electron chi connectivity index (χ1n) is 6.35. The Kier molecular flexibility index (Phi) is 8.91. The Bertz CT molecular complexity index is 943. The van der Waals surface area contributed by atoms with E-state index in [2.05, 4.69) is 15.9 Å². The van der Waals surface area contributed by atoms with Crippen LogP contribution >= 0.6 is 15.9 Å². The molecular formula is C16H10Ac2BrFO4. The van der Waals surface area contributed by atoms with Crippen LogP contribution in [-0.2, 0) is 5.33 Å². The topological polar surface area (TPSA) is 70.7 Å². The molecule has 0 saturated carbocycles. The van der Waals surface area contributed by atoms with Gasteiger partial charge in [-0.15, -0.1) is 0 Å². The Morgan fingerprint density at radius 1 is 1.08 bits per heavy atom. The van der Waals surface area contributed by atoms with Gasteiger partial charge in [0.15, 0.2) is 0 Å². The van der Waals surface area contributed by atoms with E-state index < -0.39 is 11.4 Å². The number of hydrogen-bond acceptors (Lipinski definition) is 4. The number of benzene rings is 2. The zero-order valence-corrected chi connectivity index (χ0v) is 23.4. The zero-order valence-electron chi connectivity index (χ0n) is 12.3. The predicted molar refractivity (Wildman–Crippen MR) is 83.8 cm³/mol. The molecule has 8 heteroatoms. The summed E-state index contributed by atoms with van der Waals surface area (Å²) in [5.74, 6) is -0.860. The summed E-state index contributed by atoms with van der Waals surface area (Å²) >= 11 is 3.31. The van der Waals surface area contributed by atoms with Crippen LogP contribution in [0.4, 0.5) is 4.39 Å². The van der Waals surface area contributed by atoms with Crippen LogP contribution in [0, 0.1) is 93.9 Å². The van der Waals surface area contributed by atoms with Gasteiger partial charge in [-0.25, -0.2) is 9.18 Å². The van der Waals surface area contributed by atoms with Crippen molar-refractivity contribution in [1.82, 2.24) is 0 Å². The largest absolute Gasteiger partial charge is 0.508 e. The maximum absolute atomic E-state index is 13.3. The molecular weight excluding hydrogens is 809 g/mol. The molecule has 0 unspecified atom stereocenters. The van der Waals surface area contributed by atoms with Gasteiger partial charge in [-0.2, -0.15) is 0 Å². The average Bonchev–Trinajstić information content (AvgIpc) is 2.46. The molecule has 4 nitrogen and oxygen atoms in total. The van der Waals surface area contributed by atoms with Crippen molar-refractivity contribution < 1.29 is 107 Å². The molecule has 2 aromatic carbocycles. The minimum Gasteiger partial charge on any atom is -0.508 e. The Balaban J connectivity index is 0.00000144. The van der Waals surface area contributed by atoms with E-state index in [1.54, 1.807) is 0 Å². The summed E-state index contributed by atoms with van der Waals surface area (Å²) in [6, 6.07) is 7.87. The molecule has 0 saturated heterocycles. The second-order valence-electron chi connectivity index (χ2n) is 4.72. The SMILES string of the molecule is O=c1oc2cc(F)ccc2c(CBr)c1-c1ccc(O)cc1O.[Ac].[Ac]. The standard InChI is InChI=1S/C16H10BrFO4.2Ac/c17-7-12-10-3-1-8(18)5-14(10)22-16(21)15(12)11-4-2-9(19)6-13(11)20;;/h1-6,19-20H,7H2;;. The van der Waals surface area contributed by atoms with Crippen molar-refractivity contribution >= 4 is 26.9 Å². The van der Waals surface area contributed by atoms with E-state index in [9.17, 15) is 19.4 Å². The van der Waals surface area contributed by atoms with Crippen molar-refractivity contribution in [2.75, 3.05) is 0 Å². The van der Waals surface area contributed by atoms with Crippen LogP contribution in [0.1, 0.15) is 5.56 Å². The molecule has 3 rings (SSSR count). The van der Waals surface area contributed by atoms with E-state index in [1.165, 1.54) is 24.3 Å². The van der Waals surface area contributed by atoms with Crippen LogP contribution in [0.5, 0.6) is 11.5 Å². The molecule has 1 aromatic heterocycles. The third kappa shape index (κ3) is 4.44. The third-order valence-electron chi connectivity index (χ3n) is 3.36. The van der Waals surface area contributed by atoms with Gasteiger partial charge < -0.3 is 14.6 Å². The molecule has 0 atom stereocenters. The molecule has 2 radical (unpaired) electrons. The number of halogens is 2. The Labute approximate surface area is 216 Å². The molecule has 3 aromatic rings. The van der Waals surface area contributed by atoms with Crippen molar-refractivity contribution in [3.8, 4) is 22.6 Å². The van der Waals surface area contributed by atoms with Crippen LogP contribution in [0.15, 0.2) is 45.6 Å². The number of fused-ring (bicyclic) bond motifs is 1. The van der Waals surface area contributed by atoms with Gasteiger partial charge in [0.25, 0.3) is 0 Å². The maximum atomic E-state index is 13.3. The van der Waals surface area contributed by atoms with Gasteiger partial charge >= 0.3 is 5.63 Å². The average molecular weight is 819 g/mol. The minimum atomic E-state index is -0.687. The summed E-state index contributed by atoms with van der Waals surface area (Å²) in [7, 11) is 0. The second kappa shape index (κ2) is 9.47. The molecule has 2 N–H and O–H groups in total. The number of phenols is 2. The van der Waals surface area contributed by atoms with Crippen LogP contribution in [0.2, 0.25) is 0 Å². The number of aromatic hydroxyl groups is 2. The zero-order chi connectivity index (χ0) is 15.9. The maximum Gasteiger partial charge on any atom is 0.344 e. The summed E-state index contributed by atoms with van der Waals surface area (Å²) < 4.78 is 18.5. The monoisotopic (exact) mass is 818 g/mol. The van der Waals surface area contributed by atoms with Gasteiger partial charge in [-0.3, -0.25) is 0 Å². The van der Waals surface area contributed by atoms with Crippen molar-refractivity contribution in [1.29, 1.82) is 0 Å². The molecule has 24 heavy (non-hydrogen) atoms. The van der Waals surface area contributed by atoms with Crippen molar-refractivity contribution in [3.63, 3.8) is 0 Å². The minimum absolute atomic E-state index is 0. The molecule has 0 aliphatic rings. The van der Waals surface area contributed by atoms with Gasteiger partial charge in [-0.05, 0) is 29.8 Å². The van der Waals surface area contributed by atoms with Gasteiger partial charge in [0, 0.05) is 117 Å². The van der Waals surface area contributed by atoms with E-state index in [0.717, 1.165) is 12.1 Å². The quantitative estimate of drug-likeness (QED) is 0.305. The molecule has 1 heterocycles. The van der Waals surface area contributed by atoms with Crippen molar-refractivity contribution in [2.24, 2.45) is 0 Å². The molecule has 0 aliphatic carbocycles. The molecule has 0 spiro atoms. The van der Waals surface area contributed by atoms with E-state index in [1.807, 2.05) is 0 Å². The normalized spacial score (nSPS) is 10.1. The molecule has 0 bridgehead atoms. The summed E-state index contributed by atoms with van der Waals surface area (Å²) in [4.78, 5) is 12.3. The van der Waals surface area contributed by atoms with Crippen molar-refractivity contribution in [2.45, 2.75) is 5.33 Å². The van der Waals surface area contributed by atoms with Crippen LogP contribution in [0.25, 0.3) is 22.1 Å². The first-order valence-corrected chi connectivity index (χ1v) is 7.47. The summed E-state index contributed by atoms with van der Waals surface area (Å²) in [5.41, 5.74) is 0.447. The van der Waals surface area contributed by atoms with E-state index in [-0.39, 0.29) is 116 Å². The van der Waals surface area contributed by atoms with E-state index in [0.29, 0.717) is 16.3 Å². The number of hydrogen-bond donors (Lipinski definition) is 2. The van der Waals surface area contributed by atoms with Gasteiger partial charge in [0.05, 0.1) is 5.56 Å². The molecule has 0 fully saturated rings. The molecule has 118 valence electrons. The Hall–Kier alpha value is 0.543. The third-order valence-corrected chi connectivity index (χ3v) is 3.92. The predicted octanol–water partition coefficient (Wildman–Crippen LogP) is 3.91. The second-order valence-corrected chi connectivity index (χ2v) is 5.28. The number of alkyl halides is 1. The first kappa shape index (κ1) is 22.6. The summed E-state index contributed by atoms with van der Waals surface area (Å²) in [5, 5.41) is 20.2. The van der Waals surface area contributed by atoms with Crippen molar-refractivity contribution in [3.05, 3.63) is 58.2 Å². The van der Waals surface area contributed by atoms with Crippen LogP contribution in [-0.4, -0.2) is 10.2 Å². The van der Waals surface area contributed by atoms with E-state index >= 15 is 0 Å². The molecule has 0 amide bonds. The number of phenolic OH excluding ortho intramolecular Hbond substituents is 2. The fourth-order valence-corrected chi connectivity index (χ4v) is 2.96. The number of rotatable bonds is 2. The fourth-order valence-electron chi connectivity index (χ4n) is 2.38. The smallest absolute Gasteiger partial charge is 0.344 e. The van der Waals surface area contributed by atoms with Gasteiger partial charge in [0.2, 0.25) is 0 Å². The molecule has 0 aliphatic heterocycles. The van der Waals surface area contributed by atoms with E-state index in [4.69, 9.17) is 4.42 Å². The van der Waals surface area contributed by atoms with Crippen LogP contribution < -0.4 is 5.63 Å². The van der Waals surface area contributed by atoms with Crippen LogP contribution in [0.3, 0.4) is 0 Å². The first-order chi connectivity index (χ1) is 10.5.